The molecule has 29 heavy (non-hydrogen) atoms. The Kier molecular flexibility index (Phi) is 6.93. The zero-order valence-corrected chi connectivity index (χ0v) is 17.2. The molecule has 4 N–H and O–H groups in total. The smallest absolute Gasteiger partial charge is 0.251 e. The van der Waals surface area contributed by atoms with Crippen molar-refractivity contribution >= 4 is 29.9 Å². The lowest BCUT2D eigenvalue weighted by Crippen LogP contribution is -2.42. The van der Waals surface area contributed by atoms with Crippen LogP contribution in [-0.4, -0.2) is 24.4 Å². The summed E-state index contributed by atoms with van der Waals surface area (Å²) in [5.41, 5.74) is 8.75. The Labute approximate surface area is 177 Å². The number of anilines is 1. The van der Waals surface area contributed by atoms with E-state index in [4.69, 9.17) is 5.73 Å². The molecule has 0 heterocycles. The standard InChI is InChI=1S/C23H27N3O2.ClH/c24-21-18-7-6-17(14-18)20(21)23(28)26-19-10-8-16(9-11-19)22(27)25-13-12-15-4-2-1-3-5-15;/h1-5,8-11,17-18,20-21H,6-7,12-14,24H2,(H,25,27)(H,26,28);1H. The molecule has 2 bridgehead atoms. The molecule has 0 saturated heterocycles. The van der Waals surface area contributed by atoms with Crippen molar-refractivity contribution in [2.75, 3.05) is 11.9 Å². The molecule has 2 aliphatic rings. The van der Waals surface area contributed by atoms with Crippen LogP contribution in [0, 0.1) is 17.8 Å². The van der Waals surface area contributed by atoms with Gasteiger partial charge < -0.3 is 16.4 Å². The topological polar surface area (TPSA) is 84.2 Å². The SMILES string of the molecule is Cl.NC1C2CCC(C2)C1C(=O)Nc1ccc(C(=O)NCCc2ccccc2)cc1. The molecule has 5 nitrogen and oxygen atoms in total. The highest BCUT2D eigenvalue weighted by Gasteiger charge is 2.49. The fourth-order valence-corrected chi connectivity index (χ4v) is 4.72. The van der Waals surface area contributed by atoms with Gasteiger partial charge in [-0.15, -0.1) is 12.4 Å². The minimum absolute atomic E-state index is 0. The Bertz CT molecular complexity index is 839. The van der Waals surface area contributed by atoms with Crippen LogP contribution in [0.15, 0.2) is 54.6 Å². The van der Waals surface area contributed by atoms with Gasteiger partial charge in [0, 0.05) is 23.8 Å². The van der Waals surface area contributed by atoms with Crippen molar-refractivity contribution in [3.63, 3.8) is 0 Å². The van der Waals surface area contributed by atoms with Crippen LogP contribution >= 0.6 is 12.4 Å². The lowest BCUT2D eigenvalue weighted by Gasteiger charge is -2.27. The van der Waals surface area contributed by atoms with Crippen molar-refractivity contribution in [3.8, 4) is 0 Å². The number of rotatable bonds is 6. The van der Waals surface area contributed by atoms with Gasteiger partial charge in [-0.05, 0) is 67.3 Å². The molecule has 2 fully saturated rings. The van der Waals surface area contributed by atoms with E-state index in [-0.39, 0.29) is 36.2 Å². The fourth-order valence-electron chi connectivity index (χ4n) is 4.72. The van der Waals surface area contributed by atoms with Crippen molar-refractivity contribution in [1.82, 2.24) is 5.32 Å². The van der Waals surface area contributed by atoms with Gasteiger partial charge in [0.25, 0.3) is 5.91 Å². The summed E-state index contributed by atoms with van der Waals surface area (Å²) in [6, 6.07) is 17.1. The molecule has 2 amide bonds. The van der Waals surface area contributed by atoms with E-state index in [9.17, 15) is 9.59 Å². The molecule has 4 atom stereocenters. The van der Waals surface area contributed by atoms with Crippen molar-refractivity contribution in [2.24, 2.45) is 23.5 Å². The molecule has 2 saturated carbocycles. The fraction of sp³-hybridized carbons (Fsp3) is 0.391. The molecule has 154 valence electrons. The van der Waals surface area contributed by atoms with E-state index in [0.717, 1.165) is 25.7 Å². The Morgan fingerprint density at radius 1 is 0.966 bits per heavy atom. The molecular formula is C23H28ClN3O2. The Morgan fingerprint density at radius 3 is 2.31 bits per heavy atom. The highest BCUT2D eigenvalue weighted by atomic mass is 35.5. The highest BCUT2D eigenvalue weighted by Crippen LogP contribution is 2.47. The van der Waals surface area contributed by atoms with Gasteiger partial charge in [-0.25, -0.2) is 0 Å². The summed E-state index contributed by atoms with van der Waals surface area (Å²) in [6.07, 6.45) is 4.15. The van der Waals surface area contributed by atoms with E-state index in [1.807, 2.05) is 30.3 Å². The van der Waals surface area contributed by atoms with E-state index < -0.39 is 0 Å². The van der Waals surface area contributed by atoms with Crippen molar-refractivity contribution < 1.29 is 9.59 Å². The van der Waals surface area contributed by atoms with Crippen molar-refractivity contribution in [2.45, 2.75) is 31.7 Å². The Hall–Kier alpha value is -2.37. The summed E-state index contributed by atoms with van der Waals surface area (Å²) < 4.78 is 0. The number of carbonyl (C=O) groups is 2. The second-order valence-corrected chi connectivity index (χ2v) is 7.99. The number of hydrogen-bond donors (Lipinski definition) is 3. The first-order chi connectivity index (χ1) is 13.6. The zero-order chi connectivity index (χ0) is 19.5. The van der Waals surface area contributed by atoms with Gasteiger partial charge in [0.15, 0.2) is 0 Å². The minimum Gasteiger partial charge on any atom is -0.352 e. The first-order valence-electron chi connectivity index (χ1n) is 10.1. The second kappa shape index (κ2) is 9.42. The van der Waals surface area contributed by atoms with Crippen LogP contribution < -0.4 is 16.4 Å². The Balaban J connectivity index is 0.00000240. The van der Waals surface area contributed by atoms with E-state index in [1.54, 1.807) is 24.3 Å². The number of hydrogen-bond acceptors (Lipinski definition) is 3. The van der Waals surface area contributed by atoms with Crippen molar-refractivity contribution in [3.05, 3.63) is 65.7 Å². The summed E-state index contributed by atoms with van der Waals surface area (Å²) in [4.78, 5) is 24.9. The lowest BCUT2D eigenvalue weighted by molar-refractivity contribution is -0.121. The van der Waals surface area contributed by atoms with Crippen molar-refractivity contribution in [1.29, 1.82) is 0 Å². The van der Waals surface area contributed by atoms with Gasteiger partial charge in [-0.1, -0.05) is 30.3 Å². The first-order valence-corrected chi connectivity index (χ1v) is 10.1. The molecule has 6 heteroatoms. The molecule has 4 rings (SSSR count). The van der Waals surface area contributed by atoms with Gasteiger partial charge in [-0.2, -0.15) is 0 Å². The molecule has 4 unspecified atom stereocenters. The third kappa shape index (κ3) is 4.80. The number of benzene rings is 2. The van der Waals surface area contributed by atoms with E-state index in [2.05, 4.69) is 10.6 Å². The van der Waals surface area contributed by atoms with E-state index >= 15 is 0 Å². The van der Waals surface area contributed by atoms with Crippen LogP contribution in [0.5, 0.6) is 0 Å². The minimum atomic E-state index is -0.107. The maximum atomic E-state index is 12.6. The van der Waals surface area contributed by atoms with Crippen LogP contribution in [0.25, 0.3) is 0 Å². The molecular weight excluding hydrogens is 386 g/mol. The Morgan fingerprint density at radius 2 is 1.66 bits per heavy atom. The third-order valence-corrected chi connectivity index (χ3v) is 6.24. The highest BCUT2D eigenvalue weighted by molar-refractivity contribution is 5.96. The second-order valence-electron chi connectivity index (χ2n) is 7.99. The third-order valence-electron chi connectivity index (χ3n) is 6.24. The summed E-state index contributed by atoms with van der Waals surface area (Å²) in [5.74, 6) is 0.751. The maximum absolute atomic E-state index is 12.6. The number of carbonyl (C=O) groups excluding carboxylic acids is 2. The number of nitrogens with one attached hydrogen (secondary N) is 2. The van der Waals surface area contributed by atoms with Gasteiger partial charge in [-0.3, -0.25) is 9.59 Å². The number of nitrogens with two attached hydrogens (primary N) is 1. The summed E-state index contributed by atoms with van der Waals surface area (Å²) in [5, 5.41) is 5.91. The number of fused-ring (bicyclic) bond motifs is 2. The predicted molar refractivity (Wildman–Crippen MR) is 117 cm³/mol. The molecule has 0 aromatic heterocycles. The molecule has 2 aromatic carbocycles. The summed E-state index contributed by atoms with van der Waals surface area (Å²) in [6.45, 7) is 0.587. The van der Waals surface area contributed by atoms with Gasteiger partial charge in [0.05, 0.1) is 5.92 Å². The largest absolute Gasteiger partial charge is 0.352 e. The van der Waals surface area contributed by atoms with Crippen LogP contribution in [-0.2, 0) is 11.2 Å². The average Bonchev–Trinajstić information content (AvgIpc) is 3.30. The lowest BCUT2D eigenvalue weighted by atomic mass is 9.84. The monoisotopic (exact) mass is 413 g/mol. The number of halogens is 1. The van der Waals surface area contributed by atoms with Gasteiger partial charge in [0.2, 0.25) is 5.91 Å². The molecule has 2 aromatic rings. The summed E-state index contributed by atoms with van der Waals surface area (Å²) in [7, 11) is 0. The first kappa shape index (κ1) is 21.3. The predicted octanol–water partition coefficient (Wildman–Crippen LogP) is 3.39. The molecule has 2 aliphatic carbocycles. The van der Waals surface area contributed by atoms with Crippen LogP contribution in [0.4, 0.5) is 5.69 Å². The quantitative estimate of drug-likeness (QED) is 0.678. The van der Waals surface area contributed by atoms with Gasteiger partial charge in [0.1, 0.15) is 0 Å². The van der Waals surface area contributed by atoms with Gasteiger partial charge >= 0.3 is 0 Å². The van der Waals surface area contributed by atoms with Crippen LogP contribution in [0.2, 0.25) is 0 Å². The van der Waals surface area contributed by atoms with Crippen LogP contribution in [0.3, 0.4) is 0 Å². The molecule has 0 aliphatic heterocycles. The maximum Gasteiger partial charge on any atom is 0.251 e. The number of amides is 2. The van der Waals surface area contributed by atoms with E-state index in [1.165, 1.54) is 5.56 Å². The zero-order valence-electron chi connectivity index (χ0n) is 16.3. The molecule has 0 radical (unpaired) electrons. The van der Waals surface area contributed by atoms with E-state index in [0.29, 0.717) is 29.6 Å². The van der Waals surface area contributed by atoms with Crippen LogP contribution in [0.1, 0.15) is 35.2 Å². The average molecular weight is 414 g/mol. The molecule has 0 spiro atoms. The summed E-state index contributed by atoms with van der Waals surface area (Å²) >= 11 is 0. The normalized spacial score (nSPS) is 24.6.